The molecule has 0 heterocycles. The van der Waals surface area contributed by atoms with Crippen LogP contribution < -0.4 is 0 Å². The fraction of sp³-hybridized carbons (Fsp3) is 0.125. The van der Waals surface area contributed by atoms with Crippen molar-refractivity contribution < 1.29 is 4.79 Å². The van der Waals surface area contributed by atoms with E-state index in [0.29, 0.717) is 0 Å². The summed E-state index contributed by atoms with van der Waals surface area (Å²) in [6.45, 7) is 0. The molecule has 1 rings (SSSR count). The molecule has 0 bridgehead atoms. The van der Waals surface area contributed by atoms with Crippen LogP contribution in [0.4, 0.5) is 0 Å². The Labute approximate surface area is 66.6 Å². The summed E-state index contributed by atoms with van der Waals surface area (Å²) >= 11 is 0.140. The van der Waals surface area contributed by atoms with Crippen molar-refractivity contribution in [3.8, 4) is 0 Å². The predicted molar refractivity (Wildman–Crippen MR) is 42.7 cm³/mol. The quantitative estimate of drug-likeness (QED) is 0.526. The normalized spacial score (nSPS) is 9.20. The van der Waals surface area contributed by atoms with E-state index in [1.54, 1.807) is 0 Å². The third-order valence-electron chi connectivity index (χ3n) is 1.16. The third kappa shape index (κ3) is 2.34. The first-order chi connectivity index (χ1) is 4.93. The summed E-state index contributed by atoms with van der Waals surface area (Å²) in [7, 11) is 0. The molecule has 0 spiro atoms. The Morgan fingerprint density at radius 3 is 2.60 bits per heavy atom. The summed E-state index contributed by atoms with van der Waals surface area (Å²) < 4.78 is 0. The summed E-state index contributed by atoms with van der Waals surface area (Å²) in [5, 5.41) is 1.94. The second-order valence-corrected chi connectivity index (χ2v) is 3.60. The Bertz CT molecular complexity index is 196. The molecule has 0 atom stereocenters. The van der Waals surface area contributed by atoms with Gasteiger partial charge in [-0.2, -0.15) is 0 Å². The average Bonchev–Trinajstić information content (AvgIpc) is 2.03. The number of hydrogen-bond acceptors (Lipinski definition) is 1. The van der Waals surface area contributed by atoms with Gasteiger partial charge in [-0.25, -0.2) is 0 Å². The first-order valence-electron chi connectivity index (χ1n) is 3.02. The van der Waals surface area contributed by atoms with Gasteiger partial charge in [0.25, 0.3) is 0 Å². The van der Waals surface area contributed by atoms with E-state index in [1.807, 2.05) is 30.3 Å². The molecule has 0 fully saturated rings. The average molecular weight is 199 g/mol. The molecule has 0 radical (unpaired) electrons. The van der Waals surface area contributed by atoms with Crippen LogP contribution in [0.3, 0.4) is 0 Å². The SMILES string of the molecule is O=C[Se]Cc1ccccc1. The van der Waals surface area contributed by atoms with E-state index in [0.717, 1.165) is 10.5 Å². The second kappa shape index (κ2) is 4.26. The van der Waals surface area contributed by atoms with Gasteiger partial charge in [0, 0.05) is 0 Å². The van der Waals surface area contributed by atoms with E-state index in [9.17, 15) is 4.79 Å². The number of hydrogen-bond donors (Lipinski definition) is 0. The van der Waals surface area contributed by atoms with Crippen LogP contribution >= 0.6 is 0 Å². The summed E-state index contributed by atoms with van der Waals surface area (Å²) in [6.07, 6.45) is 0. The van der Waals surface area contributed by atoms with Gasteiger partial charge in [0.2, 0.25) is 0 Å². The van der Waals surface area contributed by atoms with Gasteiger partial charge in [-0.3, -0.25) is 0 Å². The van der Waals surface area contributed by atoms with Crippen molar-refractivity contribution in [2.24, 2.45) is 0 Å². The molecule has 1 aromatic carbocycles. The summed E-state index contributed by atoms with van der Waals surface area (Å²) in [5.74, 6) is 0. The van der Waals surface area contributed by atoms with E-state index in [1.165, 1.54) is 5.56 Å². The summed E-state index contributed by atoms with van der Waals surface area (Å²) in [4.78, 5) is 10.0. The number of benzene rings is 1. The van der Waals surface area contributed by atoms with Gasteiger partial charge < -0.3 is 0 Å². The van der Waals surface area contributed by atoms with Gasteiger partial charge in [0.05, 0.1) is 0 Å². The van der Waals surface area contributed by atoms with Crippen LogP contribution in [0, 0.1) is 0 Å². The molecule has 0 N–H and O–H groups in total. The molecule has 1 aromatic rings. The van der Waals surface area contributed by atoms with Crippen molar-refractivity contribution in [3.63, 3.8) is 0 Å². The molecule has 0 aliphatic rings. The molecule has 1 nitrogen and oxygen atoms in total. The molecular weight excluding hydrogens is 191 g/mol. The Balaban J connectivity index is 2.50. The van der Waals surface area contributed by atoms with Crippen molar-refractivity contribution in [2.75, 3.05) is 0 Å². The molecule has 0 aromatic heterocycles. The zero-order valence-corrected chi connectivity index (χ0v) is 7.20. The second-order valence-electron chi connectivity index (χ2n) is 1.89. The van der Waals surface area contributed by atoms with Crippen LogP contribution in [0.5, 0.6) is 0 Å². The Hall–Kier alpha value is -0.591. The minimum atomic E-state index is 0.140. The van der Waals surface area contributed by atoms with Crippen LogP contribution in [-0.2, 0) is 10.1 Å². The summed E-state index contributed by atoms with van der Waals surface area (Å²) in [5.41, 5.74) is 1.26. The van der Waals surface area contributed by atoms with Crippen LogP contribution in [0.2, 0.25) is 0 Å². The van der Waals surface area contributed by atoms with Crippen LogP contribution in [-0.4, -0.2) is 20.1 Å². The molecule has 0 unspecified atom stereocenters. The first kappa shape index (κ1) is 7.52. The predicted octanol–water partition coefficient (Wildman–Crippen LogP) is 1.08. The van der Waals surface area contributed by atoms with Gasteiger partial charge >= 0.3 is 66.2 Å². The van der Waals surface area contributed by atoms with Crippen LogP contribution in [0.1, 0.15) is 5.56 Å². The van der Waals surface area contributed by atoms with Crippen LogP contribution in [0.15, 0.2) is 30.3 Å². The fourth-order valence-corrected chi connectivity index (χ4v) is 1.65. The molecule has 0 aliphatic carbocycles. The molecule has 2 heteroatoms. The number of carbonyl (C=O) groups is 1. The molecule has 10 heavy (non-hydrogen) atoms. The van der Waals surface area contributed by atoms with E-state index in [-0.39, 0.29) is 15.0 Å². The minimum absolute atomic E-state index is 0.140. The monoisotopic (exact) mass is 200 g/mol. The van der Waals surface area contributed by atoms with Crippen molar-refractivity contribution in [1.29, 1.82) is 0 Å². The van der Waals surface area contributed by atoms with E-state index in [4.69, 9.17) is 0 Å². The van der Waals surface area contributed by atoms with E-state index in [2.05, 4.69) is 0 Å². The van der Waals surface area contributed by atoms with Crippen LogP contribution in [0.25, 0.3) is 0 Å². The van der Waals surface area contributed by atoms with Crippen molar-refractivity contribution in [2.45, 2.75) is 5.32 Å². The molecular formula is C8H8OSe. The molecule has 52 valence electrons. The maximum absolute atomic E-state index is 10.0. The molecule has 0 saturated heterocycles. The Morgan fingerprint density at radius 1 is 1.30 bits per heavy atom. The van der Waals surface area contributed by atoms with Gasteiger partial charge in [-0.05, 0) is 0 Å². The Kier molecular flexibility index (Phi) is 3.20. The molecule has 0 amide bonds. The first-order valence-corrected chi connectivity index (χ1v) is 5.22. The van der Waals surface area contributed by atoms with E-state index < -0.39 is 0 Å². The van der Waals surface area contributed by atoms with Crippen molar-refractivity contribution >= 4 is 20.1 Å². The molecule has 0 saturated carbocycles. The van der Waals surface area contributed by atoms with Crippen molar-refractivity contribution in [1.82, 2.24) is 0 Å². The fourth-order valence-electron chi connectivity index (χ4n) is 0.704. The van der Waals surface area contributed by atoms with Gasteiger partial charge in [-0.15, -0.1) is 0 Å². The zero-order chi connectivity index (χ0) is 7.23. The van der Waals surface area contributed by atoms with E-state index >= 15 is 0 Å². The van der Waals surface area contributed by atoms with Crippen molar-refractivity contribution in [3.05, 3.63) is 35.9 Å². The zero-order valence-electron chi connectivity index (χ0n) is 5.49. The van der Waals surface area contributed by atoms with Gasteiger partial charge in [0.15, 0.2) is 0 Å². The third-order valence-corrected chi connectivity index (χ3v) is 2.50. The molecule has 0 aliphatic heterocycles. The Morgan fingerprint density at radius 2 is 2.00 bits per heavy atom. The standard InChI is InChI=1S/C8H8OSe/c9-7-10-6-8-4-2-1-3-5-8/h1-5,7H,6H2. The summed E-state index contributed by atoms with van der Waals surface area (Å²) in [6, 6.07) is 10.1. The maximum atomic E-state index is 10.0. The number of carbonyl (C=O) groups excluding carboxylic acids is 1. The van der Waals surface area contributed by atoms with Gasteiger partial charge in [-0.1, -0.05) is 0 Å². The van der Waals surface area contributed by atoms with Gasteiger partial charge in [0.1, 0.15) is 0 Å². The topological polar surface area (TPSA) is 17.1 Å². The number of rotatable bonds is 3.